The molecule has 1 amide bonds. The molecule has 5 N–H and O–H groups in total. The first kappa shape index (κ1) is 27.9. The molecule has 3 aromatic rings. The lowest BCUT2D eigenvalue weighted by Gasteiger charge is -2.41. The molecule has 0 unspecified atom stereocenters. The Morgan fingerprint density at radius 1 is 1.00 bits per heavy atom. The first-order valence-electron chi connectivity index (χ1n) is 12.6. The van der Waals surface area contributed by atoms with Gasteiger partial charge in [0, 0.05) is 29.9 Å². The summed E-state index contributed by atoms with van der Waals surface area (Å²) in [6, 6.07) is 20.0. The summed E-state index contributed by atoms with van der Waals surface area (Å²) in [5, 5.41) is 38.3. The zero-order chi connectivity index (χ0) is 27.2. The van der Waals surface area contributed by atoms with Gasteiger partial charge in [0.1, 0.15) is 36.3 Å². The Bertz CT molecular complexity index is 1240. The molecule has 0 bridgehead atoms. The summed E-state index contributed by atoms with van der Waals surface area (Å²) >= 11 is 6.49. The fraction of sp³-hybridized carbons (Fsp3) is 0.345. The van der Waals surface area contributed by atoms with E-state index in [1.807, 2.05) is 37.3 Å². The third kappa shape index (κ3) is 6.46. The van der Waals surface area contributed by atoms with Crippen LogP contribution in [0.5, 0.6) is 5.75 Å². The van der Waals surface area contributed by atoms with Gasteiger partial charge in [-0.05, 0) is 66.4 Å². The predicted octanol–water partition coefficient (Wildman–Crippen LogP) is 3.32. The van der Waals surface area contributed by atoms with Crippen LogP contribution < -0.4 is 15.4 Å². The van der Waals surface area contributed by atoms with E-state index in [2.05, 4.69) is 10.6 Å². The molecule has 4 rings (SSSR count). The van der Waals surface area contributed by atoms with Crippen LogP contribution in [0.15, 0.2) is 66.7 Å². The molecule has 3 aromatic carbocycles. The lowest BCUT2D eigenvalue weighted by atomic mass is 9.90. The van der Waals surface area contributed by atoms with Gasteiger partial charge >= 0.3 is 0 Å². The Kier molecular flexibility index (Phi) is 9.25. The van der Waals surface area contributed by atoms with Gasteiger partial charge in [0.25, 0.3) is 5.91 Å². The Hall–Kier alpha value is -3.14. The van der Waals surface area contributed by atoms with Crippen molar-refractivity contribution in [3.63, 3.8) is 0 Å². The second-order valence-electron chi connectivity index (χ2n) is 9.21. The van der Waals surface area contributed by atoms with Gasteiger partial charge in [-0.3, -0.25) is 4.79 Å². The first-order chi connectivity index (χ1) is 18.3. The molecular weight excluding hydrogens is 508 g/mol. The molecule has 1 fully saturated rings. The molecule has 9 heteroatoms. The minimum atomic E-state index is -1.41. The Morgan fingerprint density at radius 3 is 2.47 bits per heavy atom. The molecule has 1 heterocycles. The molecule has 202 valence electrons. The molecule has 0 aromatic heterocycles. The monoisotopic (exact) mass is 540 g/mol. The number of carbonyl (C=O) groups excluding carboxylic acids is 1. The molecular formula is C29H33ClN2O6. The zero-order valence-corrected chi connectivity index (χ0v) is 22.1. The van der Waals surface area contributed by atoms with Crippen molar-refractivity contribution in [2.75, 3.05) is 25.5 Å². The maximum atomic E-state index is 11.9. The Labute approximate surface area is 227 Å². The molecule has 1 aliphatic rings. The molecule has 0 aliphatic carbocycles. The average molecular weight is 541 g/mol. The number of aliphatic hydroxyl groups excluding tert-OH is 3. The topological polar surface area (TPSA) is 120 Å². The van der Waals surface area contributed by atoms with Crippen LogP contribution in [-0.2, 0) is 11.2 Å². The van der Waals surface area contributed by atoms with E-state index in [0.717, 1.165) is 16.9 Å². The quantitative estimate of drug-likeness (QED) is 0.282. The second-order valence-corrected chi connectivity index (χ2v) is 9.62. The van der Waals surface area contributed by atoms with E-state index in [4.69, 9.17) is 21.1 Å². The van der Waals surface area contributed by atoms with Crippen molar-refractivity contribution in [2.45, 2.75) is 43.9 Å². The van der Waals surface area contributed by atoms with E-state index in [-0.39, 0.29) is 12.5 Å². The van der Waals surface area contributed by atoms with Crippen LogP contribution in [0.25, 0.3) is 0 Å². The third-order valence-corrected chi connectivity index (χ3v) is 6.97. The summed E-state index contributed by atoms with van der Waals surface area (Å²) in [4.78, 5) is 11.9. The standard InChI is InChI=1S/C29H33ClN2O6/c1-3-37-22-10-7-17(8-11-22)13-20-14-18(9-12-23(20)30)28-27(35)26(34)25(33)24(38-28)16-32-21-6-4-5-19(15-21)29(36)31-2/h4-12,14-15,24-28,32-35H,3,13,16H2,1-2H3,(H,31,36)/t24-,25+,26-,27-,28+/m1/s1. The van der Waals surface area contributed by atoms with Crippen LogP contribution in [0.2, 0.25) is 5.02 Å². The number of ether oxygens (including phenoxy) is 2. The van der Waals surface area contributed by atoms with Crippen molar-refractivity contribution in [3.05, 3.63) is 94.0 Å². The van der Waals surface area contributed by atoms with E-state index in [1.165, 1.54) is 0 Å². The summed E-state index contributed by atoms with van der Waals surface area (Å²) in [6.07, 6.45) is -5.22. The fourth-order valence-corrected chi connectivity index (χ4v) is 4.71. The van der Waals surface area contributed by atoms with Crippen LogP contribution in [0.1, 0.15) is 40.1 Å². The maximum Gasteiger partial charge on any atom is 0.251 e. The van der Waals surface area contributed by atoms with Gasteiger partial charge in [0.05, 0.1) is 6.61 Å². The Morgan fingerprint density at radius 2 is 1.76 bits per heavy atom. The van der Waals surface area contributed by atoms with Crippen LogP contribution >= 0.6 is 11.6 Å². The van der Waals surface area contributed by atoms with Crippen LogP contribution in [0.3, 0.4) is 0 Å². The molecule has 0 radical (unpaired) electrons. The highest BCUT2D eigenvalue weighted by Crippen LogP contribution is 2.35. The Balaban J connectivity index is 1.49. The molecule has 8 nitrogen and oxygen atoms in total. The summed E-state index contributed by atoms with van der Waals surface area (Å²) in [7, 11) is 1.56. The van der Waals surface area contributed by atoms with Gasteiger partial charge in [-0.25, -0.2) is 0 Å². The number of carbonyl (C=O) groups is 1. The highest BCUT2D eigenvalue weighted by Gasteiger charge is 2.44. The zero-order valence-electron chi connectivity index (χ0n) is 21.3. The minimum Gasteiger partial charge on any atom is -0.494 e. The first-order valence-corrected chi connectivity index (χ1v) is 12.9. The van der Waals surface area contributed by atoms with Gasteiger partial charge < -0.3 is 35.4 Å². The summed E-state index contributed by atoms with van der Waals surface area (Å²) in [6.45, 7) is 2.67. The SMILES string of the molecule is CCOc1ccc(Cc2cc([C@@H]3O[C@H](CNc4cccc(C(=O)NC)c4)[C@H](O)[C@@H](O)[C@H]3O)ccc2Cl)cc1. The van der Waals surface area contributed by atoms with Gasteiger partial charge in [0.2, 0.25) is 0 Å². The van der Waals surface area contributed by atoms with Gasteiger partial charge in [-0.15, -0.1) is 0 Å². The largest absolute Gasteiger partial charge is 0.494 e. The average Bonchev–Trinajstić information content (AvgIpc) is 2.93. The molecule has 1 aliphatic heterocycles. The van der Waals surface area contributed by atoms with Gasteiger partial charge in [-0.1, -0.05) is 41.9 Å². The van der Waals surface area contributed by atoms with Crippen molar-refractivity contribution in [2.24, 2.45) is 0 Å². The number of amides is 1. The second kappa shape index (κ2) is 12.6. The predicted molar refractivity (Wildman–Crippen MR) is 146 cm³/mol. The highest BCUT2D eigenvalue weighted by molar-refractivity contribution is 6.31. The molecule has 0 saturated carbocycles. The third-order valence-electron chi connectivity index (χ3n) is 6.60. The number of hydrogen-bond acceptors (Lipinski definition) is 7. The van der Waals surface area contributed by atoms with E-state index in [0.29, 0.717) is 34.9 Å². The maximum absolute atomic E-state index is 11.9. The molecule has 0 spiro atoms. The van der Waals surface area contributed by atoms with Crippen LogP contribution in [0.4, 0.5) is 5.69 Å². The summed E-state index contributed by atoms with van der Waals surface area (Å²) in [5.74, 6) is 0.576. The van der Waals surface area contributed by atoms with Crippen molar-refractivity contribution in [1.29, 1.82) is 0 Å². The lowest BCUT2D eigenvalue weighted by molar-refractivity contribution is -0.220. The number of halogens is 1. The minimum absolute atomic E-state index is 0.144. The van der Waals surface area contributed by atoms with E-state index >= 15 is 0 Å². The number of rotatable bonds is 9. The van der Waals surface area contributed by atoms with Gasteiger partial charge in [0.15, 0.2) is 0 Å². The van der Waals surface area contributed by atoms with E-state index < -0.39 is 30.5 Å². The number of anilines is 1. The number of aliphatic hydroxyl groups is 3. The van der Waals surface area contributed by atoms with Crippen molar-refractivity contribution in [3.8, 4) is 5.75 Å². The van der Waals surface area contributed by atoms with Crippen molar-refractivity contribution >= 4 is 23.2 Å². The van der Waals surface area contributed by atoms with Gasteiger partial charge in [-0.2, -0.15) is 0 Å². The number of benzene rings is 3. The smallest absolute Gasteiger partial charge is 0.251 e. The molecule has 38 heavy (non-hydrogen) atoms. The summed E-state index contributed by atoms with van der Waals surface area (Å²) in [5.41, 5.74) is 3.65. The number of nitrogens with one attached hydrogen (secondary N) is 2. The van der Waals surface area contributed by atoms with Crippen molar-refractivity contribution < 1.29 is 29.6 Å². The van der Waals surface area contributed by atoms with Crippen LogP contribution in [-0.4, -0.2) is 65.8 Å². The van der Waals surface area contributed by atoms with Crippen LogP contribution in [0, 0.1) is 0 Å². The number of hydrogen-bond donors (Lipinski definition) is 5. The summed E-state index contributed by atoms with van der Waals surface area (Å²) < 4.78 is 11.6. The fourth-order valence-electron chi connectivity index (χ4n) is 4.53. The molecule has 5 atom stereocenters. The van der Waals surface area contributed by atoms with Crippen molar-refractivity contribution in [1.82, 2.24) is 5.32 Å². The normalized spacial score (nSPS) is 23.1. The van der Waals surface area contributed by atoms with E-state index in [1.54, 1.807) is 43.4 Å². The molecule has 1 saturated heterocycles. The highest BCUT2D eigenvalue weighted by atomic mass is 35.5. The lowest BCUT2D eigenvalue weighted by Crippen LogP contribution is -2.56. The van der Waals surface area contributed by atoms with E-state index in [9.17, 15) is 20.1 Å².